The standard InChI is InChI=1S/C11H18/c1-2-3-5-8-11-9-6-4-7-10-11/h11H,2-4,6-7,9-10H2,1H3. The lowest BCUT2D eigenvalue weighted by atomic mass is 9.90. The van der Waals surface area contributed by atoms with Crippen molar-refractivity contribution in [2.75, 3.05) is 0 Å². The molecular formula is C11H18. The Kier molecular flexibility index (Phi) is 4.12. The van der Waals surface area contributed by atoms with E-state index in [1.54, 1.807) is 0 Å². The molecular weight excluding hydrogens is 132 g/mol. The average Bonchev–Trinajstić information content (AvgIpc) is 2.07. The lowest BCUT2D eigenvalue weighted by Gasteiger charge is -2.15. The summed E-state index contributed by atoms with van der Waals surface area (Å²) in [6.45, 7) is 2.19. The van der Waals surface area contributed by atoms with Gasteiger partial charge >= 0.3 is 0 Å². The summed E-state index contributed by atoms with van der Waals surface area (Å²) in [5.74, 6) is 7.37. The van der Waals surface area contributed by atoms with E-state index in [2.05, 4.69) is 18.8 Å². The maximum absolute atomic E-state index is 3.37. The maximum atomic E-state index is 3.37. The zero-order valence-electron chi connectivity index (χ0n) is 7.53. The Morgan fingerprint density at radius 3 is 2.55 bits per heavy atom. The van der Waals surface area contributed by atoms with Crippen LogP contribution in [0.15, 0.2) is 0 Å². The van der Waals surface area contributed by atoms with E-state index in [1.807, 2.05) is 0 Å². The average molecular weight is 150 g/mol. The molecule has 0 aromatic rings. The fourth-order valence-electron chi connectivity index (χ4n) is 1.59. The van der Waals surface area contributed by atoms with Crippen LogP contribution < -0.4 is 0 Å². The van der Waals surface area contributed by atoms with Gasteiger partial charge in [0.2, 0.25) is 0 Å². The molecule has 0 heteroatoms. The quantitative estimate of drug-likeness (QED) is 0.503. The van der Waals surface area contributed by atoms with Crippen LogP contribution in [0.1, 0.15) is 51.9 Å². The van der Waals surface area contributed by atoms with E-state index in [9.17, 15) is 0 Å². The zero-order valence-corrected chi connectivity index (χ0v) is 7.53. The van der Waals surface area contributed by atoms with Crippen molar-refractivity contribution in [2.45, 2.75) is 51.9 Å². The van der Waals surface area contributed by atoms with E-state index in [1.165, 1.54) is 38.5 Å². The van der Waals surface area contributed by atoms with Crippen LogP contribution in [0.25, 0.3) is 0 Å². The first-order valence-corrected chi connectivity index (χ1v) is 4.92. The molecule has 0 heterocycles. The highest BCUT2D eigenvalue weighted by atomic mass is 14.1. The summed E-state index contributed by atoms with van der Waals surface area (Å²) in [5.41, 5.74) is 0. The summed E-state index contributed by atoms with van der Waals surface area (Å²) < 4.78 is 0. The molecule has 0 atom stereocenters. The molecule has 0 nitrogen and oxygen atoms in total. The summed E-state index contributed by atoms with van der Waals surface area (Å²) in [7, 11) is 0. The SMILES string of the molecule is CCCC#CC1CCCCC1. The van der Waals surface area contributed by atoms with Gasteiger partial charge in [-0.15, -0.1) is 5.92 Å². The number of rotatable bonds is 1. The topological polar surface area (TPSA) is 0 Å². The fourth-order valence-corrected chi connectivity index (χ4v) is 1.59. The molecule has 0 unspecified atom stereocenters. The van der Waals surface area contributed by atoms with Gasteiger partial charge in [0.25, 0.3) is 0 Å². The smallest absolute Gasteiger partial charge is 0.0202 e. The molecule has 11 heavy (non-hydrogen) atoms. The highest BCUT2D eigenvalue weighted by Gasteiger charge is 2.09. The molecule has 0 aliphatic heterocycles. The Morgan fingerprint density at radius 2 is 1.91 bits per heavy atom. The molecule has 0 aromatic carbocycles. The van der Waals surface area contributed by atoms with Crippen molar-refractivity contribution in [3.63, 3.8) is 0 Å². The third-order valence-corrected chi connectivity index (χ3v) is 2.29. The van der Waals surface area contributed by atoms with Crippen molar-refractivity contribution < 1.29 is 0 Å². The molecule has 1 rings (SSSR count). The summed E-state index contributed by atoms with van der Waals surface area (Å²) in [6, 6.07) is 0. The Bertz CT molecular complexity index is 141. The highest BCUT2D eigenvalue weighted by Crippen LogP contribution is 2.22. The van der Waals surface area contributed by atoms with Crippen LogP contribution in [-0.4, -0.2) is 0 Å². The molecule has 1 saturated carbocycles. The van der Waals surface area contributed by atoms with E-state index in [4.69, 9.17) is 0 Å². The molecule has 0 bridgehead atoms. The van der Waals surface area contributed by atoms with Crippen LogP contribution >= 0.6 is 0 Å². The second-order valence-electron chi connectivity index (χ2n) is 3.41. The molecule has 0 amide bonds. The van der Waals surface area contributed by atoms with Gasteiger partial charge in [0.05, 0.1) is 0 Å². The Morgan fingerprint density at radius 1 is 1.18 bits per heavy atom. The van der Waals surface area contributed by atoms with Gasteiger partial charge in [0.1, 0.15) is 0 Å². The first kappa shape index (κ1) is 8.65. The van der Waals surface area contributed by atoms with E-state index in [0.717, 1.165) is 12.3 Å². The van der Waals surface area contributed by atoms with Crippen molar-refractivity contribution in [2.24, 2.45) is 5.92 Å². The second-order valence-corrected chi connectivity index (χ2v) is 3.41. The van der Waals surface area contributed by atoms with Crippen molar-refractivity contribution in [1.82, 2.24) is 0 Å². The van der Waals surface area contributed by atoms with E-state index in [-0.39, 0.29) is 0 Å². The van der Waals surface area contributed by atoms with Gasteiger partial charge in [0, 0.05) is 12.3 Å². The molecule has 0 saturated heterocycles. The van der Waals surface area contributed by atoms with Crippen LogP contribution in [-0.2, 0) is 0 Å². The third kappa shape index (κ3) is 3.46. The van der Waals surface area contributed by atoms with Gasteiger partial charge in [-0.1, -0.05) is 32.1 Å². The van der Waals surface area contributed by atoms with Gasteiger partial charge in [-0.05, 0) is 19.3 Å². The fraction of sp³-hybridized carbons (Fsp3) is 0.818. The van der Waals surface area contributed by atoms with E-state index < -0.39 is 0 Å². The zero-order chi connectivity index (χ0) is 7.94. The number of hydrogen-bond acceptors (Lipinski definition) is 0. The minimum atomic E-state index is 0.746. The summed E-state index contributed by atoms with van der Waals surface area (Å²) in [6.07, 6.45) is 9.27. The van der Waals surface area contributed by atoms with Crippen molar-refractivity contribution in [3.8, 4) is 11.8 Å². The van der Waals surface area contributed by atoms with E-state index in [0.29, 0.717) is 0 Å². The largest absolute Gasteiger partial charge is 0.103 e. The Hall–Kier alpha value is -0.440. The van der Waals surface area contributed by atoms with Gasteiger partial charge < -0.3 is 0 Å². The molecule has 1 aliphatic rings. The molecule has 0 N–H and O–H groups in total. The monoisotopic (exact) mass is 150 g/mol. The van der Waals surface area contributed by atoms with Crippen molar-refractivity contribution in [1.29, 1.82) is 0 Å². The molecule has 62 valence electrons. The van der Waals surface area contributed by atoms with Crippen molar-refractivity contribution >= 4 is 0 Å². The number of unbranched alkanes of at least 4 members (excludes halogenated alkanes) is 1. The van der Waals surface area contributed by atoms with Crippen LogP contribution in [0.2, 0.25) is 0 Å². The second kappa shape index (κ2) is 5.24. The highest BCUT2D eigenvalue weighted by molar-refractivity contribution is 5.04. The predicted molar refractivity (Wildman–Crippen MR) is 49.3 cm³/mol. The van der Waals surface area contributed by atoms with Crippen molar-refractivity contribution in [3.05, 3.63) is 0 Å². The number of hydrogen-bond donors (Lipinski definition) is 0. The van der Waals surface area contributed by atoms with Gasteiger partial charge in [-0.25, -0.2) is 0 Å². The Labute approximate surface area is 70.4 Å². The molecule has 0 aromatic heterocycles. The summed E-state index contributed by atoms with van der Waals surface area (Å²) >= 11 is 0. The van der Waals surface area contributed by atoms with Crippen LogP contribution in [0.4, 0.5) is 0 Å². The molecule has 0 spiro atoms. The van der Waals surface area contributed by atoms with Crippen LogP contribution in [0, 0.1) is 17.8 Å². The summed E-state index contributed by atoms with van der Waals surface area (Å²) in [4.78, 5) is 0. The van der Waals surface area contributed by atoms with Gasteiger partial charge in [-0.2, -0.15) is 0 Å². The molecule has 1 aliphatic carbocycles. The normalized spacial score (nSPS) is 19.0. The molecule has 0 radical (unpaired) electrons. The third-order valence-electron chi connectivity index (χ3n) is 2.29. The van der Waals surface area contributed by atoms with Gasteiger partial charge in [0.15, 0.2) is 0 Å². The first-order chi connectivity index (χ1) is 5.43. The minimum absolute atomic E-state index is 0.746. The van der Waals surface area contributed by atoms with Crippen LogP contribution in [0.3, 0.4) is 0 Å². The molecule has 1 fully saturated rings. The van der Waals surface area contributed by atoms with Gasteiger partial charge in [-0.3, -0.25) is 0 Å². The Balaban J connectivity index is 2.19. The lowest BCUT2D eigenvalue weighted by molar-refractivity contribution is 0.430. The maximum Gasteiger partial charge on any atom is 0.0202 e. The predicted octanol–water partition coefficient (Wildman–Crippen LogP) is 3.37. The van der Waals surface area contributed by atoms with E-state index >= 15 is 0 Å². The first-order valence-electron chi connectivity index (χ1n) is 4.92. The lowest BCUT2D eigenvalue weighted by Crippen LogP contribution is -2.02. The minimum Gasteiger partial charge on any atom is -0.103 e. The van der Waals surface area contributed by atoms with Crippen LogP contribution in [0.5, 0.6) is 0 Å². The summed E-state index contributed by atoms with van der Waals surface area (Å²) in [5, 5.41) is 0.